The third-order valence-corrected chi connectivity index (χ3v) is 3.22. The second kappa shape index (κ2) is 5.44. The molecule has 0 aliphatic carbocycles. The Morgan fingerprint density at radius 1 is 1.33 bits per heavy atom. The van der Waals surface area contributed by atoms with Crippen molar-refractivity contribution in [1.29, 1.82) is 0 Å². The molecule has 1 unspecified atom stereocenters. The lowest BCUT2D eigenvalue weighted by atomic mass is 9.83. The molecule has 106 valence electrons. The van der Waals surface area contributed by atoms with Crippen LogP contribution < -0.4 is 5.32 Å². The molecule has 0 radical (unpaired) electrons. The third-order valence-electron chi connectivity index (χ3n) is 3.22. The van der Waals surface area contributed by atoms with Gasteiger partial charge in [-0.05, 0) is 39.8 Å². The second-order valence-corrected chi connectivity index (χ2v) is 4.99. The number of carbonyl (C=O) groups is 1. The first-order valence-corrected chi connectivity index (χ1v) is 5.83. The summed E-state index contributed by atoms with van der Waals surface area (Å²) in [5, 5.41) is 11.9. The van der Waals surface area contributed by atoms with Crippen LogP contribution in [0.4, 0.5) is 13.2 Å². The SMILES string of the molecule is CC(C)(OC(=O)C(O)C(F)(F)F)C1CCNCC1. The molecule has 0 aromatic heterocycles. The molecule has 1 fully saturated rings. The first kappa shape index (κ1) is 15.2. The number of nitrogens with one attached hydrogen (secondary N) is 1. The van der Waals surface area contributed by atoms with Gasteiger partial charge in [-0.25, -0.2) is 4.79 Å². The van der Waals surface area contributed by atoms with Crippen molar-refractivity contribution < 1.29 is 27.8 Å². The van der Waals surface area contributed by atoms with Crippen molar-refractivity contribution >= 4 is 5.97 Å². The molecule has 0 aromatic rings. The maximum atomic E-state index is 12.2. The van der Waals surface area contributed by atoms with Gasteiger partial charge in [0, 0.05) is 5.92 Å². The van der Waals surface area contributed by atoms with E-state index in [1.807, 2.05) is 0 Å². The van der Waals surface area contributed by atoms with Crippen LogP contribution in [0.1, 0.15) is 26.7 Å². The lowest BCUT2D eigenvalue weighted by Gasteiger charge is -2.37. The largest absolute Gasteiger partial charge is 0.457 e. The number of esters is 1. The minimum Gasteiger partial charge on any atom is -0.457 e. The third kappa shape index (κ3) is 3.84. The number of aliphatic hydroxyl groups is 1. The minimum atomic E-state index is -4.98. The highest BCUT2D eigenvalue weighted by atomic mass is 19.4. The highest BCUT2D eigenvalue weighted by Crippen LogP contribution is 2.30. The topological polar surface area (TPSA) is 58.6 Å². The number of carbonyl (C=O) groups excluding carboxylic acids is 1. The average molecular weight is 269 g/mol. The number of ether oxygens (including phenoxy) is 1. The zero-order valence-electron chi connectivity index (χ0n) is 10.4. The minimum absolute atomic E-state index is 0.0110. The van der Waals surface area contributed by atoms with Crippen LogP contribution in [0.25, 0.3) is 0 Å². The van der Waals surface area contributed by atoms with E-state index in [-0.39, 0.29) is 5.92 Å². The Morgan fingerprint density at radius 3 is 2.28 bits per heavy atom. The maximum absolute atomic E-state index is 12.2. The van der Waals surface area contributed by atoms with Gasteiger partial charge in [0.1, 0.15) is 5.60 Å². The second-order valence-electron chi connectivity index (χ2n) is 4.99. The molecule has 18 heavy (non-hydrogen) atoms. The van der Waals surface area contributed by atoms with Crippen molar-refractivity contribution in [2.24, 2.45) is 5.92 Å². The van der Waals surface area contributed by atoms with Gasteiger partial charge in [0.2, 0.25) is 6.10 Å². The molecule has 0 spiro atoms. The summed E-state index contributed by atoms with van der Waals surface area (Å²) in [5.74, 6) is -1.64. The van der Waals surface area contributed by atoms with Crippen LogP contribution in [0, 0.1) is 5.92 Å². The van der Waals surface area contributed by atoms with Gasteiger partial charge in [-0.2, -0.15) is 13.2 Å². The van der Waals surface area contributed by atoms with Crippen LogP contribution >= 0.6 is 0 Å². The Hall–Kier alpha value is -0.820. The van der Waals surface area contributed by atoms with E-state index in [4.69, 9.17) is 9.84 Å². The molecule has 4 nitrogen and oxygen atoms in total. The number of hydrogen-bond acceptors (Lipinski definition) is 4. The molecular weight excluding hydrogens is 251 g/mol. The number of piperidine rings is 1. The monoisotopic (exact) mass is 269 g/mol. The van der Waals surface area contributed by atoms with Crippen LogP contribution in [0.15, 0.2) is 0 Å². The predicted molar refractivity (Wildman–Crippen MR) is 57.8 cm³/mol. The highest BCUT2D eigenvalue weighted by Gasteiger charge is 2.47. The summed E-state index contributed by atoms with van der Waals surface area (Å²) in [6, 6.07) is 0. The molecule has 0 saturated carbocycles. The van der Waals surface area contributed by atoms with E-state index in [1.54, 1.807) is 13.8 Å². The maximum Gasteiger partial charge on any atom is 0.425 e. The fraction of sp³-hybridized carbons (Fsp3) is 0.909. The van der Waals surface area contributed by atoms with Crippen molar-refractivity contribution in [3.8, 4) is 0 Å². The van der Waals surface area contributed by atoms with E-state index in [1.165, 1.54) is 0 Å². The Kier molecular flexibility index (Phi) is 4.61. The lowest BCUT2D eigenvalue weighted by Crippen LogP contribution is -2.47. The van der Waals surface area contributed by atoms with Crippen molar-refractivity contribution in [2.45, 2.75) is 44.6 Å². The normalized spacial score (nSPS) is 20.6. The molecule has 7 heteroatoms. The van der Waals surface area contributed by atoms with E-state index < -0.39 is 23.9 Å². The van der Waals surface area contributed by atoms with E-state index in [0.29, 0.717) is 0 Å². The van der Waals surface area contributed by atoms with Gasteiger partial charge in [-0.15, -0.1) is 0 Å². The molecule has 0 aromatic carbocycles. The van der Waals surface area contributed by atoms with E-state index in [0.717, 1.165) is 25.9 Å². The van der Waals surface area contributed by atoms with Crippen LogP contribution in [0.3, 0.4) is 0 Å². The predicted octanol–water partition coefficient (Wildman–Crippen LogP) is 1.23. The number of halogens is 3. The smallest absolute Gasteiger partial charge is 0.425 e. The first-order chi connectivity index (χ1) is 8.14. The first-order valence-electron chi connectivity index (χ1n) is 5.83. The molecule has 0 bridgehead atoms. The van der Waals surface area contributed by atoms with Crippen molar-refractivity contribution in [3.05, 3.63) is 0 Å². The molecule has 2 N–H and O–H groups in total. The number of hydrogen-bond donors (Lipinski definition) is 2. The fourth-order valence-corrected chi connectivity index (χ4v) is 2.05. The number of rotatable bonds is 3. The molecule has 1 aliphatic heterocycles. The van der Waals surface area contributed by atoms with Crippen molar-refractivity contribution in [2.75, 3.05) is 13.1 Å². The summed E-state index contributed by atoms with van der Waals surface area (Å²) >= 11 is 0. The Balaban J connectivity index is 2.61. The summed E-state index contributed by atoms with van der Waals surface area (Å²) in [6.07, 6.45) is -6.61. The van der Waals surface area contributed by atoms with Crippen molar-refractivity contribution in [3.63, 3.8) is 0 Å². The average Bonchev–Trinajstić information content (AvgIpc) is 2.27. The van der Waals surface area contributed by atoms with Gasteiger partial charge >= 0.3 is 12.1 Å². The number of aliphatic hydroxyl groups excluding tert-OH is 1. The fourth-order valence-electron chi connectivity index (χ4n) is 2.05. The summed E-state index contributed by atoms with van der Waals surface area (Å²) in [6.45, 7) is 4.63. The lowest BCUT2D eigenvalue weighted by molar-refractivity contribution is -0.226. The summed E-state index contributed by atoms with van der Waals surface area (Å²) in [4.78, 5) is 11.2. The summed E-state index contributed by atoms with van der Waals surface area (Å²) in [5.41, 5.74) is -1.01. The summed E-state index contributed by atoms with van der Waals surface area (Å²) in [7, 11) is 0. The quantitative estimate of drug-likeness (QED) is 0.757. The Morgan fingerprint density at radius 2 is 1.83 bits per heavy atom. The van der Waals surface area contributed by atoms with Gasteiger partial charge in [0.05, 0.1) is 0 Å². The van der Waals surface area contributed by atoms with Crippen LogP contribution in [-0.2, 0) is 9.53 Å². The molecule has 1 heterocycles. The number of alkyl halides is 3. The van der Waals surface area contributed by atoms with E-state index in [9.17, 15) is 18.0 Å². The van der Waals surface area contributed by atoms with Gasteiger partial charge in [-0.3, -0.25) is 0 Å². The molecule has 0 amide bonds. The van der Waals surface area contributed by atoms with Gasteiger partial charge in [-0.1, -0.05) is 0 Å². The molecule has 1 saturated heterocycles. The van der Waals surface area contributed by atoms with Gasteiger partial charge in [0.25, 0.3) is 0 Å². The standard InChI is InChI=1S/C11H18F3NO3/c1-10(2,7-3-5-15-6-4-7)18-9(17)8(16)11(12,13)14/h7-8,15-16H,3-6H2,1-2H3. The van der Waals surface area contributed by atoms with Crippen molar-refractivity contribution in [1.82, 2.24) is 5.32 Å². The van der Waals surface area contributed by atoms with E-state index >= 15 is 0 Å². The highest BCUT2D eigenvalue weighted by molar-refractivity contribution is 5.75. The summed E-state index contributed by atoms with van der Waals surface area (Å²) < 4.78 is 41.3. The molecule has 1 aliphatic rings. The van der Waals surface area contributed by atoms with E-state index in [2.05, 4.69) is 5.32 Å². The van der Waals surface area contributed by atoms with Gasteiger partial charge in [0.15, 0.2) is 0 Å². The van der Waals surface area contributed by atoms with Crippen LogP contribution in [-0.4, -0.2) is 42.0 Å². The molecule has 1 atom stereocenters. The zero-order valence-corrected chi connectivity index (χ0v) is 10.4. The molecular formula is C11H18F3NO3. The van der Waals surface area contributed by atoms with Crippen LogP contribution in [0.5, 0.6) is 0 Å². The zero-order chi connectivity index (χ0) is 14.0. The Labute approximate surface area is 103 Å². The Bertz CT molecular complexity index is 298. The van der Waals surface area contributed by atoms with Gasteiger partial charge < -0.3 is 15.2 Å². The van der Waals surface area contributed by atoms with Crippen LogP contribution in [0.2, 0.25) is 0 Å². The molecule has 1 rings (SSSR count).